The van der Waals surface area contributed by atoms with Crippen molar-refractivity contribution >= 4 is 22.6 Å². The number of nitrogens with zero attached hydrogens (tertiary/aromatic N) is 2. The average Bonchev–Trinajstić information content (AvgIpc) is 2.82. The van der Waals surface area contributed by atoms with Crippen LogP contribution < -0.4 is 5.32 Å². The predicted molar refractivity (Wildman–Crippen MR) is 117 cm³/mol. The molecule has 0 bridgehead atoms. The second-order valence-electron chi connectivity index (χ2n) is 8.34. The lowest BCUT2D eigenvalue weighted by Crippen LogP contribution is -2.49. The molecule has 2 aliphatic heterocycles. The van der Waals surface area contributed by atoms with Crippen LogP contribution in [0.1, 0.15) is 30.1 Å². The van der Waals surface area contributed by atoms with Crippen molar-refractivity contribution in [2.24, 2.45) is 5.92 Å². The molecule has 2 fully saturated rings. The Hall–Kier alpha value is -2.44. The van der Waals surface area contributed by atoms with E-state index in [4.69, 9.17) is 4.74 Å². The molecule has 4 rings (SSSR count). The number of benzene rings is 2. The molecule has 2 amide bonds. The van der Waals surface area contributed by atoms with Crippen molar-refractivity contribution in [2.75, 3.05) is 45.9 Å². The predicted octanol–water partition coefficient (Wildman–Crippen LogP) is 2.53. The van der Waals surface area contributed by atoms with Gasteiger partial charge in [-0.25, -0.2) is 0 Å². The van der Waals surface area contributed by atoms with E-state index in [0.717, 1.165) is 42.6 Å². The first kappa shape index (κ1) is 20.8. The summed E-state index contributed by atoms with van der Waals surface area (Å²) in [5, 5.41) is 5.19. The van der Waals surface area contributed by atoms with Crippen LogP contribution in [-0.2, 0) is 9.53 Å². The number of nitrogens with one attached hydrogen (secondary N) is 1. The second-order valence-corrected chi connectivity index (χ2v) is 8.34. The highest BCUT2D eigenvalue weighted by Crippen LogP contribution is 2.23. The van der Waals surface area contributed by atoms with Gasteiger partial charge in [-0.2, -0.15) is 0 Å². The van der Waals surface area contributed by atoms with E-state index in [-0.39, 0.29) is 17.7 Å². The Morgan fingerprint density at radius 3 is 2.50 bits per heavy atom. The third-order valence-electron chi connectivity index (χ3n) is 6.41. The molecule has 1 atom stereocenters. The van der Waals surface area contributed by atoms with Gasteiger partial charge in [0.1, 0.15) is 0 Å². The van der Waals surface area contributed by atoms with Crippen molar-refractivity contribution in [3.05, 3.63) is 48.0 Å². The van der Waals surface area contributed by atoms with Crippen molar-refractivity contribution in [1.82, 2.24) is 15.1 Å². The Morgan fingerprint density at radius 1 is 1.03 bits per heavy atom. The minimum atomic E-state index is -0.0153. The maximum atomic E-state index is 13.1. The smallest absolute Gasteiger partial charge is 0.254 e. The van der Waals surface area contributed by atoms with Gasteiger partial charge in [-0.1, -0.05) is 36.4 Å². The lowest BCUT2D eigenvalue weighted by atomic mass is 9.94. The second kappa shape index (κ2) is 9.58. The molecular formula is C24H31N3O3. The summed E-state index contributed by atoms with van der Waals surface area (Å²) >= 11 is 0. The number of piperidine rings is 1. The number of carbonyl (C=O) groups excluding carboxylic acids is 2. The SMILES string of the molecule is CC(CNC(=O)C1CCN(C(=O)c2cccc3ccccc23)CC1)N1CCOCC1. The van der Waals surface area contributed by atoms with Crippen LogP contribution in [0.25, 0.3) is 10.8 Å². The first-order valence-electron chi connectivity index (χ1n) is 11.0. The van der Waals surface area contributed by atoms with Crippen LogP contribution in [-0.4, -0.2) is 73.6 Å². The zero-order valence-corrected chi connectivity index (χ0v) is 17.7. The molecule has 0 radical (unpaired) electrons. The van der Waals surface area contributed by atoms with Gasteiger partial charge in [0, 0.05) is 50.2 Å². The highest BCUT2D eigenvalue weighted by Gasteiger charge is 2.29. The molecule has 2 aliphatic rings. The van der Waals surface area contributed by atoms with E-state index in [9.17, 15) is 9.59 Å². The molecule has 0 saturated carbocycles. The number of fused-ring (bicyclic) bond motifs is 1. The van der Waals surface area contributed by atoms with Crippen molar-refractivity contribution in [1.29, 1.82) is 0 Å². The summed E-state index contributed by atoms with van der Waals surface area (Å²) in [4.78, 5) is 30.0. The minimum absolute atomic E-state index is 0.0153. The third-order valence-corrected chi connectivity index (χ3v) is 6.41. The van der Waals surface area contributed by atoms with Crippen LogP contribution in [0.2, 0.25) is 0 Å². The number of likely N-dealkylation sites (tertiary alicyclic amines) is 1. The zero-order valence-electron chi connectivity index (χ0n) is 17.7. The van der Waals surface area contributed by atoms with E-state index in [1.165, 1.54) is 0 Å². The third kappa shape index (κ3) is 4.65. The molecule has 0 spiro atoms. The number of morpholine rings is 1. The van der Waals surface area contributed by atoms with E-state index in [2.05, 4.69) is 17.1 Å². The van der Waals surface area contributed by atoms with Gasteiger partial charge in [-0.05, 0) is 36.6 Å². The largest absolute Gasteiger partial charge is 0.379 e. The van der Waals surface area contributed by atoms with Gasteiger partial charge >= 0.3 is 0 Å². The Morgan fingerprint density at radius 2 is 1.73 bits per heavy atom. The standard InChI is InChI=1S/C24H31N3O3/c1-18(26-13-15-30-16-14-26)17-25-23(28)20-9-11-27(12-10-20)24(29)22-8-4-6-19-5-2-3-7-21(19)22/h2-8,18,20H,9-17H2,1H3,(H,25,28). The molecule has 2 aromatic rings. The van der Waals surface area contributed by atoms with Gasteiger partial charge in [0.25, 0.3) is 5.91 Å². The summed E-state index contributed by atoms with van der Waals surface area (Å²) in [6.07, 6.45) is 1.43. The van der Waals surface area contributed by atoms with Crippen LogP contribution in [0.4, 0.5) is 0 Å². The molecule has 1 unspecified atom stereocenters. The molecule has 1 N–H and O–H groups in total. The Labute approximate surface area is 178 Å². The lowest BCUT2D eigenvalue weighted by molar-refractivity contribution is -0.126. The van der Waals surface area contributed by atoms with Gasteiger partial charge in [-0.3, -0.25) is 14.5 Å². The summed E-state index contributed by atoms with van der Waals surface area (Å²) in [5.74, 6) is 0.164. The summed E-state index contributed by atoms with van der Waals surface area (Å²) in [6, 6.07) is 14.2. The first-order chi connectivity index (χ1) is 14.6. The molecule has 6 heteroatoms. The van der Waals surface area contributed by atoms with Crippen LogP contribution in [0.3, 0.4) is 0 Å². The maximum absolute atomic E-state index is 13.1. The number of amides is 2. The summed E-state index contributed by atoms with van der Waals surface area (Å²) < 4.78 is 5.39. The van der Waals surface area contributed by atoms with Crippen LogP contribution in [0, 0.1) is 5.92 Å². The van der Waals surface area contributed by atoms with E-state index >= 15 is 0 Å². The fraction of sp³-hybridized carbons (Fsp3) is 0.500. The number of carbonyl (C=O) groups is 2. The first-order valence-corrected chi connectivity index (χ1v) is 11.0. The van der Waals surface area contributed by atoms with Gasteiger partial charge in [0.15, 0.2) is 0 Å². The van der Waals surface area contributed by atoms with Gasteiger partial charge in [-0.15, -0.1) is 0 Å². The topological polar surface area (TPSA) is 61.9 Å². The molecular weight excluding hydrogens is 378 g/mol. The summed E-state index contributed by atoms with van der Waals surface area (Å²) in [5.41, 5.74) is 0.746. The van der Waals surface area contributed by atoms with Crippen molar-refractivity contribution < 1.29 is 14.3 Å². The molecule has 30 heavy (non-hydrogen) atoms. The van der Waals surface area contributed by atoms with Crippen molar-refractivity contribution in [3.63, 3.8) is 0 Å². The zero-order chi connectivity index (χ0) is 20.9. The number of ether oxygens (including phenoxy) is 1. The number of hydrogen-bond acceptors (Lipinski definition) is 4. The molecule has 2 heterocycles. The molecule has 0 aliphatic carbocycles. The summed E-state index contributed by atoms with van der Waals surface area (Å²) in [7, 11) is 0. The van der Waals surface area contributed by atoms with E-state index in [0.29, 0.717) is 38.5 Å². The van der Waals surface area contributed by atoms with E-state index in [1.54, 1.807) is 0 Å². The Kier molecular flexibility index (Phi) is 6.65. The van der Waals surface area contributed by atoms with Gasteiger partial charge < -0.3 is 15.0 Å². The highest BCUT2D eigenvalue weighted by atomic mass is 16.5. The quantitative estimate of drug-likeness (QED) is 0.824. The van der Waals surface area contributed by atoms with E-state index < -0.39 is 0 Å². The van der Waals surface area contributed by atoms with Gasteiger partial charge in [0.2, 0.25) is 5.91 Å². The molecule has 0 aromatic heterocycles. The van der Waals surface area contributed by atoms with E-state index in [1.807, 2.05) is 47.4 Å². The molecule has 2 saturated heterocycles. The van der Waals surface area contributed by atoms with Crippen LogP contribution in [0.15, 0.2) is 42.5 Å². The molecule has 6 nitrogen and oxygen atoms in total. The fourth-order valence-electron chi connectivity index (χ4n) is 4.47. The van der Waals surface area contributed by atoms with Gasteiger partial charge in [0.05, 0.1) is 13.2 Å². The fourth-order valence-corrected chi connectivity index (χ4v) is 4.47. The minimum Gasteiger partial charge on any atom is -0.379 e. The molecule has 2 aromatic carbocycles. The van der Waals surface area contributed by atoms with Crippen LogP contribution >= 0.6 is 0 Å². The lowest BCUT2D eigenvalue weighted by Gasteiger charge is -2.34. The normalized spacial score (nSPS) is 19.6. The van der Waals surface area contributed by atoms with Crippen molar-refractivity contribution in [2.45, 2.75) is 25.8 Å². The van der Waals surface area contributed by atoms with Crippen molar-refractivity contribution in [3.8, 4) is 0 Å². The summed E-state index contributed by atoms with van der Waals surface area (Å²) in [6.45, 7) is 7.43. The Bertz CT molecular complexity index is 881. The Balaban J connectivity index is 1.29. The maximum Gasteiger partial charge on any atom is 0.254 e. The average molecular weight is 410 g/mol. The number of hydrogen-bond donors (Lipinski definition) is 1. The monoisotopic (exact) mass is 409 g/mol. The highest BCUT2D eigenvalue weighted by molar-refractivity contribution is 6.07. The number of rotatable bonds is 5. The molecule has 160 valence electrons. The van der Waals surface area contributed by atoms with Crippen LogP contribution in [0.5, 0.6) is 0 Å².